The molecular weight excluding hydrogens is 314 g/mol. The van der Waals surface area contributed by atoms with Gasteiger partial charge in [0.15, 0.2) is 0 Å². The second-order valence-corrected chi connectivity index (χ2v) is 6.42. The molecule has 6 nitrogen and oxygen atoms in total. The van der Waals surface area contributed by atoms with E-state index in [4.69, 9.17) is 11.6 Å². The summed E-state index contributed by atoms with van der Waals surface area (Å²) in [4.78, 5) is 6.56. The van der Waals surface area contributed by atoms with Crippen LogP contribution in [0, 0.1) is 0 Å². The van der Waals surface area contributed by atoms with E-state index in [1.807, 2.05) is 24.3 Å². The van der Waals surface area contributed by atoms with Crippen LogP contribution in [0.25, 0.3) is 10.9 Å². The average Bonchev–Trinajstić information content (AvgIpc) is 3.16. The molecule has 1 unspecified atom stereocenters. The topological polar surface area (TPSA) is 67.1 Å². The lowest BCUT2D eigenvalue weighted by atomic mass is 10.0. The number of β-amino-alcohol motifs (C(OH)–C–C–N with tert-alkyl or cyclic N) is 1. The summed E-state index contributed by atoms with van der Waals surface area (Å²) < 4.78 is 1.67. The first-order valence-corrected chi connectivity index (χ1v) is 7.87. The second-order valence-electron chi connectivity index (χ2n) is 5.99. The summed E-state index contributed by atoms with van der Waals surface area (Å²) in [6.07, 6.45) is 5.85. The van der Waals surface area contributed by atoms with Gasteiger partial charge in [0.05, 0.1) is 18.3 Å². The number of halogens is 1. The minimum Gasteiger partial charge on any atom is -0.386 e. The maximum Gasteiger partial charge on any atom is 0.103 e. The number of pyridine rings is 1. The molecule has 118 valence electrons. The first-order valence-electron chi connectivity index (χ1n) is 7.49. The molecular formula is C16H16ClN5O. The van der Waals surface area contributed by atoms with E-state index in [0.29, 0.717) is 24.5 Å². The highest BCUT2D eigenvalue weighted by atomic mass is 35.5. The highest BCUT2D eigenvalue weighted by Crippen LogP contribution is 2.33. The number of anilines is 1. The molecule has 3 heterocycles. The summed E-state index contributed by atoms with van der Waals surface area (Å²) in [6.45, 7) is 1.78. The third-order valence-corrected chi connectivity index (χ3v) is 4.52. The Hall–Kier alpha value is -2.18. The second kappa shape index (κ2) is 5.47. The van der Waals surface area contributed by atoms with Gasteiger partial charge >= 0.3 is 0 Å². The Kier molecular flexibility index (Phi) is 3.43. The molecule has 0 aliphatic carbocycles. The van der Waals surface area contributed by atoms with Crippen molar-refractivity contribution in [1.82, 2.24) is 20.0 Å². The Morgan fingerprint density at radius 2 is 2.17 bits per heavy atom. The van der Waals surface area contributed by atoms with E-state index in [1.54, 1.807) is 23.3 Å². The van der Waals surface area contributed by atoms with Crippen molar-refractivity contribution < 1.29 is 5.11 Å². The number of nitrogens with zero attached hydrogens (tertiary/aromatic N) is 5. The first-order chi connectivity index (χ1) is 11.1. The zero-order valence-corrected chi connectivity index (χ0v) is 13.2. The van der Waals surface area contributed by atoms with Gasteiger partial charge in [0.25, 0.3) is 0 Å². The smallest absolute Gasteiger partial charge is 0.103 e. The standard InChI is InChI=1S/C16H16ClN5O/c17-12-1-2-13-14(9-12)18-5-3-15(13)21-7-4-16(23,10-21)11-22-8-6-19-20-22/h1-3,5-6,8-9,23H,4,7,10-11H2. The summed E-state index contributed by atoms with van der Waals surface area (Å²) in [5, 5.41) is 20.3. The first kappa shape index (κ1) is 14.4. The molecule has 1 aromatic carbocycles. The molecule has 0 saturated carbocycles. The van der Waals surface area contributed by atoms with Gasteiger partial charge in [-0.25, -0.2) is 4.68 Å². The molecule has 0 spiro atoms. The fraction of sp³-hybridized carbons (Fsp3) is 0.312. The fourth-order valence-electron chi connectivity index (χ4n) is 3.19. The van der Waals surface area contributed by atoms with Crippen LogP contribution in [0.4, 0.5) is 5.69 Å². The highest BCUT2D eigenvalue weighted by Gasteiger charge is 2.37. The van der Waals surface area contributed by atoms with E-state index in [2.05, 4.69) is 20.2 Å². The molecule has 7 heteroatoms. The normalized spacial score (nSPS) is 21.2. The molecule has 23 heavy (non-hydrogen) atoms. The molecule has 0 bridgehead atoms. The van der Waals surface area contributed by atoms with Crippen LogP contribution in [0.1, 0.15) is 6.42 Å². The third-order valence-electron chi connectivity index (χ3n) is 4.28. The number of aliphatic hydroxyl groups is 1. The van der Waals surface area contributed by atoms with Crippen LogP contribution in [0.15, 0.2) is 42.9 Å². The molecule has 1 aliphatic heterocycles. The zero-order valence-electron chi connectivity index (χ0n) is 12.4. The summed E-state index contributed by atoms with van der Waals surface area (Å²) in [7, 11) is 0. The van der Waals surface area contributed by atoms with Gasteiger partial charge in [0.2, 0.25) is 0 Å². The van der Waals surface area contributed by atoms with Crippen LogP contribution in [0.2, 0.25) is 5.02 Å². The fourth-order valence-corrected chi connectivity index (χ4v) is 3.36. The molecule has 0 amide bonds. The Labute approximate surface area is 138 Å². The van der Waals surface area contributed by atoms with Crippen LogP contribution in [-0.2, 0) is 6.54 Å². The van der Waals surface area contributed by atoms with Crippen molar-refractivity contribution in [3.8, 4) is 0 Å². The molecule has 0 radical (unpaired) electrons. The van der Waals surface area contributed by atoms with Gasteiger partial charge in [-0.2, -0.15) is 0 Å². The average molecular weight is 330 g/mol. The van der Waals surface area contributed by atoms with Gasteiger partial charge in [-0.15, -0.1) is 5.10 Å². The van der Waals surface area contributed by atoms with Crippen LogP contribution in [0.3, 0.4) is 0 Å². The van der Waals surface area contributed by atoms with Gasteiger partial charge in [0, 0.05) is 41.6 Å². The van der Waals surface area contributed by atoms with Gasteiger partial charge < -0.3 is 10.0 Å². The molecule has 1 saturated heterocycles. The quantitative estimate of drug-likeness (QED) is 0.797. The highest BCUT2D eigenvalue weighted by molar-refractivity contribution is 6.31. The molecule has 1 aliphatic rings. The Morgan fingerprint density at radius 1 is 1.26 bits per heavy atom. The number of rotatable bonds is 3. The van der Waals surface area contributed by atoms with Gasteiger partial charge in [-0.3, -0.25) is 4.98 Å². The summed E-state index contributed by atoms with van der Waals surface area (Å²) in [6, 6.07) is 7.69. The van der Waals surface area contributed by atoms with Gasteiger partial charge in [0.1, 0.15) is 5.60 Å². The van der Waals surface area contributed by atoms with Crippen LogP contribution >= 0.6 is 11.6 Å². The molecule has 1 N–H and O–H groups in total. The van der Waals surface area contributed by atoms with Crippen molar-refractivity contribution in [3.63, 3.8) is 0 Å². The number of hydrogen-bond donors (Lipinski definition) is 1. The van der Waals surface area contributed by atoms with E-state index in [0.717, 1.165) is 23.1 Å². The van der Waals surface area contributed by atoms with Crippen LogP contribution in [-0.4, -0.2) is 43.8 Å². The maximum atomic E-state index is 10.8. The molecule has 3 aromatic rings. The molecule has 1 fully saturated rings. The van der Waals surface area contributed by atoms with Gasteiger partial charge in [-0.05, 0) is 30.7 Å². The lowest BCUT2D eigenvalue weighted by Gasteiger charge is -2.25. The molecule has 4 rings (SSSR count). The lowest BCUT2D eigenvalue weighted by Crippen LogP contribution is -2.37. The predicted octanol–water partition coefficient (Wildman–Crippen LogP) is 2.12. The Morgan fingerprint density at radius 3 is 3.00 bits per heavy atom. The summed E-state index contributed by atoms with van der Waals surface area (Å²) >= 11 is 6.05. The number of fused-ring (bicyclic) bond motifs is 1. The SMILES string of the molecule is OC1(Cn2ccnn2)CCN(c2ccnc3cc(Cl)ccc23)C1. The third kappa shape index (κ3) is 2.75. The zero-order chi connectivity index (χ0) is 15.9. The summed E-state index contributed by atoms with van der Waals surface area (Å²) in [5.41, 5.74) is 1.12. The van der Waals surface area contributed by atoms with E-state index >= 15 is 0 Å². The monoisotopic (exact) mass is 329 g/mol. The van der Waals surface area contributed by atoms with Crippen LogP contribution < -0.4 is 4.90 Å². The number of hydrogen-bond acceptors (Lipinski definition) is 5. The largest absolute Gasteiger partial charge is 0.386 e. The van der Waals surface area contributed by atoms with Crippen molar-refractivity contribution in [3.05, 3.63) is 47.9 Å². The van der Waals surface area contributed by atoms with E-state index in [9.17, 15) is 5.11 Å². The van der Waals surface area contributed by atoms with Crippen molar-refractivity contribution in [2.45, 2.75) is 18.6 Å². The molecule has 1 atom stereocenters. The van der Waals surface area contributed by atoms with Crippen molar-refractivity contribution in [2.24, 2.45) is 0 Å². The minimum atomic E-state index is -0.810. The van der Waals surface area contributed by atoms with Crippen molar-refractivity contribution in [2.75, 3.05) is 18.0 Å². The van der Waals surface area contributed by atoms with Gasteiger partial charge in [-0.1, -0.05) is 16.8 Å². The van der Waals surface area contributed by atoms with E-state index in [1.165, 1.54) is 0 Å². The minimum absolute atomic E-state index is 0.443. The number of aromatic nitrogens is 4. The summed E-state index contributed by atoms with van der Waals surface area (Å²) in [5.74, 6) is 0. The number of benzene rings is 1. The Bertz CT molecular complexity index is 838. The molecule has 2 aromatic heterocycles. The van der Waals surface area contributed by atoms with Crippen molar-refractivity contribution >= 4 is 28.2 Å². The van der Waals surface area contributed by atoms with Crippen molar-refractivity contribution in [1.29, 1.82) is 0 Å². The van der Waals surface area contributed by atoms with Crippen LogP contribution in [0.5, 0.6) is 0 Å². The predicted molar refractivity (Wildman–Crippen MR) is 88.6 cm³/mol. The van der Waals surface area contributed by atoms with E-state index < -0.39 is 5.60 Å². The maximum absolute atomic E-state index is 10.8. The lowest BCUT2D eigenvalue weighted by molar-refractivity contribution is 0.0409. The van der Waals surface area contributed by atoms with E-state index in [-0.39, 0.29) is 0 Å². The Balaban J connectivity index is 1.62.